The van der Waals surface area contributed by atoms with Crippen LogP contribution in [0.5, 0.6) is 0 Å². The number of aromatic nitrogens is 4. The molecule has 0 aliphatic heterocycles. The molecule has 0 N–H and O–H groups in total. The summed E-state index contributed by atoms with van der Waals surface area (Å²) in [4.78, 5) is 0. The summed E-state index contributed by atoms with van der Waals surface area (Å²) in [5.41, 5.74) is 28.2. The number of nitrogens with zero attached hydrogens (tertiary/aromatic N) is 4. The average Bonchev–Trinajstić information content (AvgIpc) is 0.990. The third-order valence-corrected chi connectivity index (χ3v) is 24.5. The quantitative estimate of drug-likeness (QED) is 0.0961. The molecular weight excluding hydrogens is 1350 g/mol. The lowest BCUT2D eigenvalue weighted by Gasteiger charge is -2.27. The van der Waals surface area contributed by atoms with E-state index < -0.39 is 0 Å². The first-order chi connectivity index (χ1) is 55.6. The molecule has 0 atom stereocenters. The van der Waals surface area contributed by atoms with Crippen molar-refractivity contribution in [3.63, 3.8) is 0 Å². The number of hydrogen-bond acceptors (Lipinski definition) is 0. The van der Waals surface area contributed by atoms with Gasteiger partial charge in [-0.2, -0.15) is 0 Å². The average molecular weight is 1420 g/mol. The summed E-state index contributed by atoms with van der Waals surface area (Å²) >= 11 is 0. The van der Waals surface area contributed by atoms with Gasteiger partial charge in [0.15, 0.2) is 0 Å². The highest BCUT2D eigenvalue weighted by atomic mass is 15.0. The Bertz CT molecular complexity index is 7910. The largest absolute Gasteiger partial charge is 0.310 e. The second kappa shape index (κ2) is 24.5. The Morgan fingerprint density at radius 2 is 0.482 bits per heavy atom. The molecule has 0 amide bonds. The maximum Gasteiger partial charge on any atom is 0.0562 e. The third kappa shape index (κ3) is 9.18. The number of benzene rings is 19. The third-order valence-electron chi connectivity index (χ3n) is 24.5. The summed E-state index contributed by atoms with van der Waals surface area (Å²) in [5.74, 6) is 0. The Hall–Kier alpha value is -14.6. The van der Waals surface area contributed by atoms with Crippen LogP contribution in [-0.4, -0.2) is 18.3 Å². The molecule has 0 bridgehead atoms. The summed E-state index contributed by atoms with van der Waals surface area (Å²) in [5, 5.41) is 22.5. The van der Waals surface area contributed by atoms with Gasteiger partial charge in [-0.1, -0.05) is 285 Å². The second-order valence-electron chi connectivity index (χ2n) is 30.4. The Morgan fingerprint density at radius 3 is 0.902 bits per heavy atom. The van der Waals surface area contributed by atoms with Crippen molar-refractivity contribution in [2.75, 3.05) is 0 Å². The SMILES string of the molecule is C1=CC(n2c3ccccc3c3cc4c5cc(-c6ccc(-c7c(-c8ccc(-c9ccc%10c(c9)c9cc%11c%12ccccc%12n(-c%12ccccc%12)c%11cc9n%10-c9ccccc9)cc8)c(-c8ccccc8)c8c9cccc%10c%11ccccc%11c%11cccc(c8c7-c7ccccc7)c%11c%109)cc6)ccc5n(-c5ccccc5)c4cc32)=CCC1. The molecule has 19 aromatic carbocycles. The fraction of sp³-hybridized carbons (Fsp3) is 0.0185. The molecule has 24 rings (SSSR count). The topological polar surface area (TPSA) is 19.7 Å². The lowest BCUT2D eigenvalue weighted by atomic mass is 9.75. The van der Waals surface area contributed by atoms with Crippen LogP contribution >= 0.6 is 0 Å². The highest BCUT2D eigenvalue weighted by Crippen LogP contribution is 2.57. The van der Waals surface area contributed by atoms with Gasteiger partial charge in [0.25, 0.3) is 0 Å². The van der Waals surface area contributed by atoms with Crippen molar-refractivity contribution in [3.8, 4) is 83.8 Å². The summed E-state index contributed by atoms with van der Waals surface area (Å²) in [6, 6.07) is 139. The maximum absolute atomic E-state index is 2.48. The molecule has 0 fully saturated rings. The Balaban J connectivity index is 0.746. The van der Waals surface area contributed by atoms with Crippen molar-refractivity contribution < 1.29 is 0 Å². The Kier molecular flexibility index (Phi) is 13.6. The van der Waals surface area contributed by atoms with Gasteiger partial charge in [0.2, 0.25) is 0 Å². The van der Waals surface area contributed by atoms with Crippen LogP contribution < -0.4 is 0 Å². The van der Waals surface area contributed by atoms with Crippen molar-refractivity contribution in [1.29, 1.82) is 0 Å². The van der Waals surface area contributed by atoms with E-state index in [2.05, 4.69) is 407 Å². The van der Waals surface area contributed by atoms with E-state index in [1.54, 1.807) is 0 Å². The van der Waals surface area contributed by atoms with Crippen LogP contribution in [0.15, 0.2) is 388 Å². The predicted molar refractivity (Wildman–Crippen MR) is 476 cm³/mol. The molecule has 0 saturated carbocycles. The number of allylic oxidation sites excluding steroid dienone is 4. The molecule has 4 nitrogen and oxygen atoms in total. The molecule has 112 heavy (non-hydrogen) atoms. The highest BCUT2D eigenvalue weighted by molar-refractivity contribution is 6.44. The predicted octanol–water partition coefficient (Wildman–Crippen LogP) is 29.5. The molecule has 0 saturated heterocycles. The van der Waals surface area contributed by atoms with E-state index in [9.17, 15) is 0 Å². The van der Waals surface area contributed by atoms with Gasteiger partial charge in [-0.15, -0.1) is 0 Å². The van der Waals surface area contributed by atoms with E-state index in [-0.39, 0.29) is 0 Å². The maximum atomic E-state index is 2.48. The normalized spacial score (nSPS) is 12.8. The minimum Gasteiger partial charge on any atom is -0.310 e. The standard InChI is InChI=1S/C108H68N4/c1-7-27-69(28-8-1)103-101(71-53-49-67(50-54-71)73-57-59-95-87(61-73)91-63-89-81-41-21-23-47-93(81)109(75-31-11-3-12-32-75)97(89)65-99(91)111(95)77-35-15-5-16-36-77)102(104(70-29-9-2-10-30-70)108-86-46-26-44-84-80-40-20-19-39-79(80)83-43-25-45-85(107(103)108)105(83)106(84)86)72-55-51-68(52-56-72)74-58-60-96-88(62-74)92-64-90-82-42-22-24-48-94(82)110(76-33-13-4-14-34-76)98(90)66-100(92)112(96)78-37-17-6-18-38-78/h1-3,5-13,15-66H,4,14H2. The molecule has 1 aliphatic carbocycles. The summed E-state index contributed by atoms with van der Waals surface area (Å²) in [6.45, 7) is 0. The fourth-order valence-electron chi connectivity index (χ4n) is 19.7. The van der Waals surface area contributed by atoms with Gasteiger partial charge in [-0.05, 0) is 237 Å². The van der Waals surface area contributed by atoms with Crippen molar-refractivity contribution in [2.45, 2.75) is 12.8 Å². The van der Waals surface area contributed by atoms with Gasteiger partial charge in [-0.25, -0.2) is 0 Å². The second-order valence-corrected chi connectivity index (χ2v) is 30.4. The smallest absolute Gasteiger partial charge is 0.0562 e. The van der Waals surface area contributed by atoms with Crippen LogP contribution in [0.25, 0.3) is 231 Å². The Morgan fingerprint density at radius 1 is 0.170 bits per heavy atom. The fourth-order valence-corrected chi connectivity index (χ4v) is 19.7. The molecule has 1 aliphatic rings. The minimum atomic E-state index is 1.03. The molecule has 4 heteroatoms. The Labute approximate surface area is 645 Å². The zero-order chi connectivity index (χ0) is 73.2. The van der Waals surface area contributed by atoms with Crippen molar-refractivity contribution in [3.05, 3.63) is 388 Å². The molecular formula is C108H68N4. The van der Waals surface area contributed by atoms with Gasteiger partial charge >= 0.3 is 0 Å². The minimum absolute atomic E-state index is 1.03. The van der Waals surface area contributed by atoms with E-state index in [4.69, 9.17) is 0 Å². The first-order valence-electron chi connectivity index (χ1n) is 39.1. The van der Waals surface area contributed by atoms with Gasteiger partial charge < -0.3 is 18.3 Å². The monoisotopic (exact) mass is 1420 g/mol. The molecule has 520 valence electrons. The first kappa shape index (κ1) is 62.5. The van der Waals surface area contributed by atoms with Crippen molar-refractivity contribution in [1.82, 2.24) is 18.3 Å². The van der Waals surface area contributed by atoms with Gasteiger partial charge in [0, 0.05) is 65.8 Å². The van der Waals surface area contributed by atoms with Gasteiger partial charge in [0.05, 0.1) is 44.1 Å². The highest BCUT2D eigenvalue weighted by Gasteiger charge is 2.30. The van der Waals surface area contributed by atoms with E-state index in [0.29, 0.717) is 0 Å². The molecule has 0 unspecified atom stereocenters. The van der Waals surface area contributed by atoms with Gasteiger partial charge in [-0.3, -0.25) is 0 Å². The summed E-state index contributed by atoms with van der Waals surface area (Å²) in [7, 11) is 0. The van der Waals surface area contributed by atoms with Crippen LogP contribution in [0.3, 0.4) is 0 Å². The van der Waals surface area contributed by atoms with E-state index in [0.717, 1.165) is 74.4 Å². The van der Waals surface area contributed by atoms with Crippen LogP contribution in [-0.2, 0) is 0 Å². The van der Waals surface area contributed by atoms with Crippen LogP contribution in [0.4, 0.5) is 0 Å². The number of para-hydroxylation sites is 5. The molecule has 0 spiro atoms. The van der Waals surface area contributed by atoms with E-state index >= 15 is 0 Å². The number of fused-ring (bicyclic) bond motifs is 18. The van der Waals surface area contributed by atoms with Crippen LogP contribution in [0.2, 0.25) is 0 Å². The summed E-state index contributed by atoms with van der Waals surface area (Å²) in [6.07, 6.45) is 9.10. The van der Waals surface area contributed by atoms with Crippen LogP contribution in [0.1, 0.15) is 12.8 Å². The lowest BCUT2D eigenvalue weighted by molar-refractivity contribution is 1.02. The lowest BCUT2D eigenvalue weighted by Crippen LogP contribution is -2.00. The number of rotatable bonds is 10. The molecule has 4 aromatic heterocycles. The molecule has 23 aromatic rings. The molecule has 0 radical (unpaired) electrons. The van der Waals surface area contributed by atoms with Crippen LogP contribution in [0, 0.1) is 0 Å². The first-order valence-corrected chi connectivity index (χ1v) is 39.1. The zero-order valence-electron chi connectivity index (χ0n) is 61.2. The van der Waals surface area contributed by atoms with E-state index in [1.807, 2.05) is 0 Å². The summed E-state index contributed by atoms with van der Waals surface area (Å²) < 4.78 is 9.84. The molecule has 4 heterocycles. The zero-order valence-corrected chi connectivity index (χ0v) is 61.2. The van der Waals surface area contributed by atoms with Gasteiger partial charge in [0.1, 0.15) is 0 Å². The number of hydrogen-bond donors (Lipinski definition) is 0. The van der Waals surface area contributed by atoms with Crippen molar-refractivity contribution in [2.24, 2.45) is 0 Å². The van der Waals surface area contributed by atoms with E-state index in [1.165, 1.54) is 169 Å². The van der Waals surface area contributed by atoms with Crippen molar-refractivity contribution >= 4 is 147 Å².